The summed E-state index contributed by atoms with van der Waals surface area (Å²) in [6, 6.07) is 15.3. The second kappa shape index (κ2) is 8.37. The molecule has 3 rings (SSSR count). The first-order chi connectivity index (χ1) is 12.2. The van der Waals surface area contributed by atoms with Crippen molar-refractivity contribution in [3.63, 3.8) is 0 Å². The zero-order valence-electron chi connectivity index (χ0n) is 14.5. The fourth-order valence-electron chi connectivity index (χ4n) is 3.10. The van der Waals surface area contributed by atoms with E-state index in [1.54, 1.807) is 7.11 Å². The van der Waals surface area contributed by atoms with Crippen LogP contribution in [0.25, 0.3) is 0 Å². The number of ether oxygens (including phenoxy) is 1. The molecule has 2 aromatic carbocycles. The lowest BCUT2D eigenvalue weighted by molar-refractivity contribution is 0.0962. The quantitative estimate of drug-likeness (QED) is 0.736. The van der Waals surface area contributed by atoms with Gasteiger partial charge in [-0.3, -0.25) is 9.69 Å². The molecule has 0 aromatic heterocycles. The molecule has 132 valence electrons. The van der Waals surface area contributed by atoms with Crippen molar-refractivity contribution in [1.82, 2.24) is 4.90 Å². The molecule has 1 aliphatic heterocycles. The second-order valence-corrected chi connectivity index (χ2v) is 6.59. The lowest BCUT2D eigenvalue weighted by Crippen LogP contribution is -2.47. The number of methoxy groups -OCH3 is 1. The molecule has 0 N–H and O–H groups in total. The number of para-hydroxylation sites is 1. The molecule has 0 amide bonds. The highest BCUT2D eigenvalue weighted by atomic mass is 35.5. The van der Waals surface area contributed by atoms with E-state index in [0.717, 1.165) is 54.7 Å². The van der Waals surface area contributed by atoms with Gasteiger partial charge in [0.15, 0.2) is 5.78 Å². The van der Waals surface area contributed by atoms with Crippen LogP contribution in [0.4, 0.5) is 5.69 Å². The summed E-state index contributed by atoms with van der Waals surface area (Å²) >= 11 is 6.28. The molecule has 1 heterocycles. The maximum absolute atomic E-state index is 12.3. The summed E-state index contributed by atoms with van der Waals surface area (Å²) in [5.41, 5.74) is 1.84. The first-order valence-corrected chi connectivity index (χ1v) is 8.94. The number of rotatable bonds is 6. The smallest absolute Gasteiger partial charge is 0.164 e. The van der Waals surface area contributed by atoms with Gasteiger partial charge in [0, 0.05) is 44.7 Å². The number of hydrogen-bond acceptors (Lipinski definition) is 4. The van der Waals surface area contributed by atoms with Gasteiger partial charge >= 0.3 is 0 Å². The van der Waals surface area contributed by atoms with Crippen LogP contribution in [0.3, 0.4) is 0 Å². The average molecular weight is 359 g/mol. The first-order valence-electron chi connectivity index (χ1n) is 8.56. The highest BCUT2D eigenvalue weighted by Gasteiger charge is 2.19. The summed E-state index contributed by atoms with van der Waals surface area (Å²) in [5.74, 6) is 0.948. The molecule has 4 nitrogen and oxygen atoms in total. The molecule has 5 heteroatoms. The average Bonchev–Trinajstić information content (AvgIpc) is 2.67. The molecule has 2 aromatic rings. The largest absolute Gasteiger partial charge is 0.497 e. The molecule has 1 fully saturated rings. The molecule has 0 aliphatic carbocycles. The van der Waals surface area contributed by atoms with Gasteiger partial charge in [-0.25, -0.2) is 0 Å². The molecular weight excluding hydrogens is 336 g/mol. The van der Waals surface area contributed by atoms with Crippen molar-refractivity contribution < 1.29 is 9.53 Å². The van der Waals surface area contributed by atoms with Crippen LogP contribution in [0.1, 0.15) is 16.8 Å². The zero-order chi connectivity index (χ0) is 17.6. The Balaban J connectivity index is 1.47. The Morgan fingerprint density at radius 3 is 2.36 bits per heavy atom. The minimum absolute atomic E-state index is 0.177. The summed E-state index contributed by atoms with van der Waals surface area (Å²) in [7, 11) is 1.62. The molecule has 1 aliphatic rings. The number of carbonyl (C=O) groups excluding carboxylic acids is 1. The van der Waals surface area contributed by atoms with E-state index in [2.05, 4.69) is 15.9 Å². The van der Waals surface area contributed by atoms with Gasteiger partial charge in [0.05, 0.1) is 17.8 Å². The van der Waals surface area contributed by atoms with Gasteiger partial charge in [0.2, 0.25) is 0 Å². The van der Waals surface area contributed by atoms with Crippen LogP contribution >= 0.6 is 11.6 Å². The maximum atomic E-state index is 12.3. The van der Waals surface area contributed by atoms with Crippen molar-refractivity contribution in [3.8, 4) is 5.75 Å². The van der Waals surface area contributed by atoms with Crippen LogP contribution in [-0.2, 0) is 0 Å². The third kappa shape index (κ3) is 4.53. The number of benzene rings is 2. The molecular formula is C20H23ClN2O2. The molecule has 0 saturated carbocycles. The van der Waals surface area contributed by atoms with Crippen LogP contribution in [0.2, 0.25) is 5.02 Å². The summed E-state index contributed by atoms with van der Waals surface area (Å²) in [6.45, 7) is 4.55. The first kappa shape index (κ1) is 17.8. The number of anilines is 1. The predicted molar refractivity (Wildman–Crippen MR) is 102 cm³/mol. The zero-order valence-corrected chi connectivity index (χ0v) is 15.2. The maximum Gasteiger partial charge on any atom is 0.164 e. The number of piperazine rings is 1. The standard InChI is InChI=1S/C20H23ClN2O2/c1-25-17-8-6-16(7-9-17)20(24)10-11-22-12-14-23(15-13-22)19-5-3-2-4-18(19)21/h2-9H,10-15H2,1H3. The Bertz CT molecular complexity index is 710. The molecule has 25 heavy (non-hydrogen) atoms. The molecule has 0 unspecified atom stereocenters. The Labute approximate surface area is 154 Å². The second-order valence-electron chi connectivity index (χ2n) is 6.18. The summed E-state index contributed by atoms with van der Waals surface area (Å²) in [5, 5.41) is 0.797. The Kier molecular flexibility index (Phi) is 5.95. The third-order valence-electron chi connectivity index (χ3n) is 4.63. The predicted octanol–water partition coefficient (Wildman–Crippen LogP) is 3.74. The van der Waals surface area contributed by atoms with Crippen LogP contribution in [0.15, 0.2) is 48.5 Å². The topological polar surface area (TPSA) is 32.8 Å². The SMILES string of the molecule is COc1ccc(C(=O)CCN2CCN(c3ccccc3Cl)CC2)cc1. The van der Waals surface area contributed by atoms with E-state index in [9.17, 15) is 4.79 Å². The normalized spacial score (nSPS) is 15.2. The monoisotopic (exact) mass is 358 g/mol. The van der Waals surface area contributed by atoms with E-state index in [1.165, 1.54) is 0 Å². The number of hydrogen-bond donors (Lipinski definition) is 0. The van der Waals surface area contributed by atoms with Gasteiger partial charge in [-0.1, -0.05) is 23.7 Å². The van der Waals surface area contributed by atoms with Crippen molar-refractivity contribution in [2.24, 2.45) is 0 Å². The van der Waals surface area contributed by atoms with Gasteiger partial charge in [-0.2, -0.15) is 0 Å². The Morgan fingerprint density at radius 1 is 1.04 bits per heavy atom. The van der Waals surface area contributed by atoms with E-state index in [-0.39, 0.29) is 5.78 Å². The Morgan fingerprint density at radius 2 is 1.72 bits per heavy atom. The van der Waals surface area contributed by atoms with Crippen molar-refractivity contribution in [1.29, 1.82) is 0 Å². The van der Waals surface area contributed by atoms with Crippen molar-refractivity contribution in [2.75, 3.05) is 44.7 Å². The van der Waals surface area contributed by atoms with Gasteiger partial charge in [-0.05, 0) is 36.4 Å². The number of carbonyl (C=O) groups is 1. The number of ketones is 1. The summed E-state index contributed by atoms with van der Waals surface area (Å²) < 4.78 is 5.13. The molecule has 0 spiro atoms. The highest BCUT2D eigenvalue weighted by Crippen LogP contribution is 2.26. The number of nitrogens with zero attached hydrogens (tertiary/aromatic N) is 2. The van der Waals surface area contributed by atoms with Crippen LogP contribution in [0, 0.1) is 0 Å². The van der Waals surface area contributed by atoms with E-state index in [4.69, 9.17) is 16.3 Å². The highest BCUT2D eigenvalue weighted by molar-refractivity contribution is 6.33. The van der Waals surface area contributed by atoms with E-state index in [1.807, 2.05) is 42.5 Å². The Hall–Kier alpha value is -2.04. The van der Waals surface area contributed by atoms with Crippen molar-refractivity contribution in [2.45, 2.75) is 6.42 Å². The molecule has 0 radical (unpaired) electrons. The number of Topliss-reactive ketones (excluding diaryl/α,β-unsaturated/α-hetero) is 1. The van der Waals surface area contributed by atoms with Crippen molar-refractivity contribution in [3.05, 3.63) is 59.1 Å². The summed E-state index contributed by atoms with van der Waals surface area (Å²) in [6.07, 6.45) is 0.540. The van der Waals surface area contributed by atoms with Crippen LogP contribution < -0.4 is 9.64 Å². The fourth-order valence-corrected chi connectivity index (χ4v) is 3.36. The van der Waals surface area contributed by atoms with E-state index < -0.39 is 0 Å². The van der Waals surface area contributed by atoms with Crippen molar-refractivity contribution >= 4 is 23.1 Å². The van der Waals surface area contributed by atoms with Gasteiger partial charge < -0.3 is 9.64 Å². The van der Waals surface area contributed by atoms with E-state index >= 15 is 0 Å². The van der Waals surface area contributed by atoms with E-state index in [0.29, 0.717) is 6.42 Å². The van der Waals surface area contributed by atoms with Crippen LogP contribution in [0.5, 0.6) is 5.75 Å². The van der Waals surface area contributed by atoms with Crippen LogP contribution in [-0.4, -0.2) is 50.5 Å². The number of halogens is 1. The minimum Gasteiger partial charge on any atom is -0.497 e. The lowest BCUT2D eigenvalue weighted by atomic mass is 10.1. The van der Waals surface area contributed by atoms with Gasteiger partial charge in [0.1, 0.15) is 5.75 Å². The molecule has 1 saturated heterocycles. The summed E-state index contributed by atoms with van der Waals surface area (Å²) in [4.78, 5) is 17.0. The molecule has 0 bridgehead atoms. The minimum atomic E-state index is 0.177. The lowest BCUT2D eigenvalue weighted by Gasteiger charge is -2.36. The fraction of sp³-hybridized carbons (Fsp3) is 0.350. The van der Waals surface area contributed by atoms with Gasteiger partial charge in [-0.15, -0.1) is 0 Å². The van der Waals surface area contributed by atoms with Gasteiger partial charge in [0.25, 0.3) is 0 Å². The third-order valence-corrected chi connectivity index (χ3v) is 4.95. The molecule has 0 atom stereocenters.